The Bertz CT molecular complexity index is 1800. The molecule has 0 aliphatic heterocycles. The summed E-state index contributed by atoms with van der Waals surface area (Å²) < 4.78 is 60.4. The van der Waals surface area contributed by atoms with Gasteiger partial charge in [0.05, 0.1) is 21.9 Å². The zero-order valence-electron chi connectivity index (χ0n) is 25.6. The third-order valence-electron chi connectivity index (χ3n) is 6.52. The number of nitrogens with zero attached hydrogens (tertiary/aromatic N) is 3. The maximum atomic E-state index is 13.5. The molecular formula is C31H35F3N8O3S. The van der Waals surface area contributed by atoms with E-state index in [0.717, 1.165) is 12.1 Å². The molecule has 3 aromatic carbocycles. The molecule has 2 unspecified atom stereocenters. The summed E-state index contributed by atoms with van der Waals surface area (Å²) in [6.07, 6.45) is -1.66. The van der Waals surface area contributed by atoms with E-state index in [2.05, 4.69) is 31.2 Å². The molecule has 2 atom stereocenters. The van der Waals surface area contributed by atoms with Crippen LogP contribution in [0.2, 0.25) is 0 Å². The van der Waals surface area contributed by atoms with Gasteiger partial charge in [0.25, 0.3) is 0 Å². The normalized spacial score (nSPS) is 13.5. The molecule has 46 heavy (non-hydrogen) atoms. The maximum Gasteiger partial charge on any atom is 0.416 e. The van der Waals surface area contributed by atoms with Crippen molar-refractivity contribution in [2.45, 2.75) is 30.6 Å². The van der Waals surface area contributed by atoms with E-state index >= 15 is 0 Å². The second-order valence-electron chi connectivity index (χ2n) is 11.0. The van der Waals surface area contributed by atoms with Gasteiger partial charge in [0.2, 0.25) is 5.95 Å². The Hall–Kier alpha value is -4.73. The molecule has 0 bridgehead atoms. The van der Waals surface area contributed by atoms with Crippen LogP contribution < -0.4 is 21.3 Å². The van der Waals surface area contributed by atoms with Crippen LogP contribution in [0.4, 0.5) is 46.8 Å². The minimum atomic E-state index is -4.57. The van der Waals surface area contributed by atoms with Crippen LogP contribution in [0.3, 0.4) is 0 Å². The number of anilines is 5. The number of urea groups is 1. The predicted molar refractivity (Wildman–Crippen MR) is 174 cm³/mol. The lowest BCUT2D eigenvalue weighted by Crippen LogP contribution is -2.21. The zero-order valence-corrected chi connectivity index (χ0v) is 26.4. The Morgan fingerprint density at radius 1 is 1.02 bits per heavy atom. The van der Waals surface area contributed by atoms with Crippen molar-refractivity contribution < 1.29 is 27.3 Å². The van der Waals surface area contributed by atoms with Gasteiger partial charge in [-0.3, -0.25) is 0 Å². The fourth-order valence-electron chi connectivity index (χ4n) is 4.40. The van der Waals surface area contributed by atoms with Crippen LogP contribution in [0.25, 0.3) is 11.1 Å². The highest BCUT2D eigenvalue weighted by Gasteiger charge is 2.31. The Labute approximate surface area is 265 Å². The molecule has 0 saturated carbocycles. The number of alkyl halides is 3. The number of carbonyl (C=O) groups is 1. The van der Waals surface area contributed by atoms with Gasteiger partial charge in [-0.1, -0.05) is 18.2 Å². The van der Waals surface area contributed by atoms with Crippen molar-refractivity contribution in [2.24, 2.45) is 0 Å². The summed E-state index contributed by atoms with van der Waals surface area (Å²) in [5, 5.41) is 20.9. The Balaban J connectivity index is 1.53. The first-order valence-corrected chi connectivity index (χ1v) is 16.0. The largest absolute Gasteiger partial charge is 0.416 e. The smallest absolute Gasteiger partial charge is 0.394 e. The van der Waals surface area contributed by atoms with Crippen LogP contribution in [-0.2, 0) is 22.5 Å². The van der Waals surface area contributed by atoms with Gasteiger partial charge in [-0.05, 0) is 80.7 Å². The van der Waals surface area contributed by atoms with Crippen molar-refractivity contribution in [1.29, 1.82) is 4.78 Å². The number of aromatic nitrogens is 2. The number of rotatable bonds is 11. The molecule has 2 amide bonds. The van der Waals surface area contributed by atoms with E-state index in [4.69, 9.17) is 4.78 Å². The summed E-state index contributed by atoms with van der Waals surface area (Å²) >= 11 is 0. The van der Waals surface area contributed by atoms with Crippen LogP contribution in [0.15, 0.2) is 77.8 Å². The molecule has 0 aliphatic rings. The van der Waals surface area contributed by atoms with Gasteiger partial charge in [-0.25, -0.2) is 18.8 Å². The van der Waals surface area contributed by atoms with E-state index in [9.17, 15) is 27.3 Å². The summed E-state index contributed by atoms with van der Waals surface area (Å²) in [4.78, 5) is 23.7. The van der Waals surface area contributed by atoms with E-state index < -0.39 is 27.5 Å². The number of benzene rings is 3. The SMILES string of the molecule is CC(CO)Nc1nc(Nc2cccc(S(C)(=N)=O)c2)ncc1-c1ccc(NC(=O)Nc2cc(CN(C)C)cc(C(F)(F)F)c2)cc1. The van der Waals surface area contributed by atoms with Crippen LogP contribution in [0.1, 0.15) is 18.1 Å². The third kappa shape index (κ3) is 9.39. The van der Waals surface area contributed by atoms with Crippen LogP contribution in [0.5, 0.6) is 0 Å². The van der Waals surface area contributed by atoms with Crippen molar-refractivity contribution >= 4 is 44.6 Å². The van der Waals surface area contributed by atoms with Crippen LogP contribution >= 0.6 is 0 Å². The van der Waals surface area contributed by atoms with Gasteiger partial charge in [-0.2, -0.15) is 18.2 Å². The average Bonchev–Trinajstić information content (AvgIpc) is 2.96. The van der Waals surface area contributed by atoms with Crippen molar-refractivity contribution in [1.82, 2.24) is 14.9 Å². The summed E-state index contributed by atoms with van der Waals surface area (Å²) in [5.74, 6) is 0.630. The second kappa shape index (κ2) is 14.1. The molecule has 0 radical (unpaired) electrons. The lowest BCUT2D eigenvalue weighted by Gasteiger charge is -2.17. The summed E-state index contributed by atoms with van der Waals surface area (Å²) in [6, 6.07) is 15.6. The van der Waals surface area contributed by atoms with Crippen molar-refractivity contribution in [3.63, 3.8) is 0 Å². The standard InChI is InChI=1S/C31H35F3N8O3S/c1-19(18-43)37-28-27(16-36-29(41-28)38-24-6-5-7-26(15-24)46(4,35)45)21-8-10-23(11-9-21)39-30(44)40-25-13-20(17-42(2)3)12-22(14-25)31(32,33)34/h5-16,19,35,43H,17-18H2,1-4H3,(H2,39,40,44)(H2,36,37,38,41). The van der Waals surface area contributed by atoms with E-state index in [0.29, 0.717) is 38.8 Å². The second-order valence-corrected chi connectivity index (χ2v) is 13.1. The minimum Gasteiger partial charge on any atom is -0.394 e. The highest BCUT2D eigenvalue weighted by Crippen LogP contribution is 2.33. The Morgan fingerprint density at radius 2 is 1.72 bits per heavy atom. The number of hydrogen-bond donors (Lipinski definition) is 6. The van der Waals surface area contributed by atoms with Crippen LogP contribution in [-0.4, -0.2) is 63.2 Å². The van der Waals surface area contributed by atoms with E-state index in [1.165, 1.54) is 12.3 Å². The fraction of sp³-hybridized carbons (Fsp3) is 0.258. The number of halogens is 3. The lowest BCUT2D eigenvalue weighted by atomic mass is 10.1. The monoisotopic (exact) mass is 656 g/mol. The highest BCUT2D eigenvalue weighted by atomic mass is 32.2. The Kier molecular flexibility index (Phi) is 10.5. The molecule has 1 aromatic heterocycles. The number of hydrogen-bond acceptors (Lipinski definition) is 9. The molecule has 1 heterocycles. The zero-order chi connectivity index (χ0) is 33.6. The molecule has 0 saturated heterocycles. The van der Waals surface area contributed by atoms with E-state index in [1.54, 1.807) is 80.6 Å². The molecule has 15 heteroatoms. The van der Waals surface area contributed by atoms with Gasteiger partial charge < -0.3 is 31.3 Å². The van der Waals surface area contributed by atoms with Crippen molar-refractivity contribution in [2.75, 3.05) is 48.2 Å². The number of amides is 2. The van der Waals surface area contributed by atoms with Gasteiger partial charge in [0.1, 0.15) is 5.82 Å². The Morgan fingerprint density at radius 3 is 2.35 bits per heavy atom. The molecule has 6 N–H and O–H groups in total. The summed E-state index contributed by atoms with van der Waals surface area (Å²) in [7, 11) is 0.550. The number of carbonyl (C=O) groups excluding carboxylic acids is 1. The summed E-state index contributed by atoms with van der Waals surface area (Å²) in [6.45, 7) is 1.87. The maximum absolute atomic E-state index is 13.5. The molecule has 4 rings (SSSR count). The molecule has 0 aliphatic carbocycles. The quantitative estimate of drug-likeness (QED) is 0.108. The molecule has 0 fully saturated rings. The number of aliphatic hydroxyl groups is 1. The topological polar surface area (TPSA) is 155 Å². The minimum absolute atomic E-state index is 0.00933. The van der Waals surface area contributed by atoms with Gasteiger partial charge in [0.15, 0.2) is 0 Å². The molecule has 244 valence electrons. The summed E-state index contributed by atoms with van der Waals surface area (Å²) in [5.41, 5.74) is 1.75. The average molecular weight is 657 g/mol. The van der Waals surface area contributed by atoms with Crippen molar-refractivity contribution in [3.8, 4) is 11.1 Å². The van der Waals surface area contributed by atoms with Gasteiger partial charge in [0, 0.05) is 52.6 Å². The lowest BCUT2D eigenvalue weighted by molar-refractivity contribution is -0.137. The first-order chi connectivity index (χ1) is 21.6. The molecular weight excluding hydrogens is 621 g/mol. The van der Waals surface area contributed by atoms with E-state index in [-0.39, 0.29) is 30.8 Å². The van der Waals surface area contributed by atoms with Crippen molar-refractivity contribution in [3.05, 3.63) is 84.1 Å². The van der Waals surface area contributed by atoms with E-state index in [1.807, 2.05) is 0 Å². The molecule has 0 spiro atoms. The first-order valence-electron chi connectivity index (χ1n) is 14.0. The van der Waals surface area contributed by atoms with Gasteiger partial charge in [-0.15, -0.1) is 0 Å². The fourth-order valence-corrected chi connectivity index (χ4v) is 5.09. The molecule has 4 aromatic rings. The van der Waals surface area contributed by atoms with Gasteiger partial charge >= 0.3 is 12.2 Å². The predicted octanol–water partition coefficient (Wildman–Crippen LogP) is 6.44. The highest BCUT2D eigenvalue weighted by molar-refractivity contribution is 7.91. The molecule has 11 nitrogen and oxygen atoms in total. The van der Waals surface area contributed by atoms with Crippen LogP contribution in [0, 0.1) is 4.78 Å². The first kappa shape index (κ1) is 34.1. The number of nitrogens with one attached hydrogen (secondary N) is 5. The third-order valence-corrected chi connectivity index (χ3v) is 7.67. The number of aliphatic hydroxyl groups excluding tert-OH is 1.